The Morgan fingerprint density at radius 2 is 2.05 bits per heavy atom. The van der Waals surface area contributed by atoms with Gasteiger partial charge in [0.2, 0.25) is 0 Å². The molecule has 0 aliphatic rings. The van der Waals surface area contributed by atoms with Crippen molar-refractivity contribution in [2.45, 2.75) is 26.2 Å². The predicted molar refractivity (Wildman–Crippen MR) is 76.1 cm³/mol. The van der Waals surface area contributed by atoms with Gasteiger partial charge >= 0.3 is 0 Å². The van der Waals surface area contributed by atoms with E-state index in [4.69, 9.17) is 0 Å². The molecule has 0 N–H and O–H groups in total. The second-order valence-corrected chi connectivity index (χ2v) is 5.12. The average Bonchev–Trinajstić information content (AvgIpc) is 2.84. The monoisotopic (exact) mass is 256 g/mol. The van der Waals surface area contributed by atoms with Gasteiger partial charge in [0.1, 0.15) is 0 Å². The number of aryl methyl sites for hydroxylation is 2. The third-order valence-electron chi connectivity index (χ3n) is 3.37. The molecule has 0 amide bonds. The Morgan fingerprint density at radius 3 is 2.68 bits per heavy atom. The number of Topliss-reactive ketones (excluding diaryl/α,β-unsaturated/α-hetero) is 1. The summed E-state index contributed by atoms with van der Waals surface area (Å²) in [4.78, 5) is 16.2. The van der Waals surface area contributed by atoms with Gasteiger partial charge < -0.3 is 4.57 Å². The molecule has 0 spiro atoms. The standard InChI is InChI=1S/C16H20N2O/c1-13(8-9-14-6-4-3-5-7-14)12-15(19)16-17-10-11-18(16)2/h3-7,10-11,13H,8-9,12H2,1-2H3. The molecule has 19 heavy (non-hydrogen) atoms. The number of hydrogen-bond acceptors (Lipinski definition) is 2. The molecule has 1 heterocycles. The summed E-state index contributed by atoms with van der Waals surface area (Å²) in [6.07, 6.45) is 6.09. The first-order valence-electron chi connectivity index (χ1n) is 6.71. The summed E-state index contributed by atoms with van der Waals surface area (Å²) < 4.78 is 1.78. The summed E-state index contributed by atoms with van der Waals surface area (Å²) in [6.45, 7) is 2.13. The van der Waals surface area contributed by atoms with Crippen molar-refractivity contribution in [2.24, 2.45) is 13.0 Å². The molecule has 0 saturated heterocycles. The van der Waals surface area contributed by atoms with Crippen LogP contribution in [0.25, 0.3) is 0 Å². The van der Waals surface area contributed by atoms with Crippen LogP contribution in [0.15, 0.2) is 42.7 Å². The summed E-state index contributed by atoms with van der Waals surface area (Å²) in [5.41, 5.74) is 1.33. The highest BCUT2D eigenvalue weighted by Gasteiger charge is 2.14. The largest absolute Gasteiger partial charge is 0.332 e. The number of benzene rings is 1. The summed E-state index contributed by atoms with van der Waals surface area (Å²) >= 11 is 0. The van der Waals surface area contributed by atoms with Gasteiger partial charge in [-0.25, -0.2) is 4.98 Å². The minimum Gasteiger partial charge on any atom is -0.332 e. The van der Waals surface area contributed by atoms with E-state index in [9.17, 15) is 4.79 Å². The van der Waals surface area contributed by atoms with Crippen molar-refractivity contribution < 1.29 is 4.79 Å². The molecule has 3 nitrogen and oxygen atoms in total. The third kappa shape index (κ3) is 3.78. The number of rotatable bonds is 6. The summed E-state index contributed by atoms with van der Waals surface area (Å²) in [7, 11) is 1.86. The van der Waals surface area contributed by atoms with Crippen LogP contribution in [0.4, 0.5) is 0 Å². The van der Waals surface area contributed by atoms with Gasteiger partial charge in [-0.1, -0.05) is 37.3 Å². The highest BCUT2D eigenvalue weighted by atomic mass is 16.1. The van der Waals surface area contributed by atoms with E-state index in [0.717, 1.165) is 12.8 Å². The van der Waals surface area contributed by atoms with Crippen LogP contribution in [-0.4, -0.2) is 15.3 Å². The van der Waals surface area contributed by atoms with E-state index in [2.05, 4.69) is 36.2 Å². The number of ketones is 1. The lowest BCUT2D eigenvalue weighted by Gasteiger charge is -2.10. The minimum atomic E-state index is 0.132. The highest BCUT2D eigenvalue weighted by molar-refractivity contribution is 5.92. The molecule has 1 unspecified atom stereocenters. The van der Waals surface area contributed by atoms with Crippen LogP contribution < -0.4 is 0 Å². The van der Waals surface area contributed by atoms with Crippen molar-refractivity contribution in [3.63, 3.8) is 0 Å². The first-order chi connectivity index (χ1) is 9.16. The van der Waals surface area contributed by atoms with Crippen molar-refractivity contribution in [1.82, 2.24) is 9.55 Å². The molecule has 0 aliphatic heterocycles. The normalized spacial score (nSPS) is 12.3. The van der Waals surface area contributed by atoms with Gasteiger partial charge in [0.05, 0.1) is 0 Å². The van der Waals surface area contributed by atoms with E-state index in [1.807, 2.05) is 19.3 Å². The molecule has 0 radical (unpaired) electrons. The Morgan fingerprint density at radius 1 is 1.32 bits per heavy atom. The van der Waals surface area contributed by atoms with Crippen LogP contribution in [-0.2, 0) is 13.5 Å². The van der Waals surface area contributed by atoms with Gasteiger partial charge in [-0.05, 0) is 24.3 Å². The molecule has 0 saturated carbocycles. The van der Waals surface area contributed by atoms with E-state index >= 15 is 0 Å². The number of imidazole rings is 1. The zero-order valence-electron chi connectivity index (χ0n) is 11.5. The zero-order chi connectivity index (χ0) is 13.7. The van der Waals surface area contributed by atoms with E-state index < -0.39 is 0 Å². The number of nitrogens with zero attached hydrogens (tertiary/aromatic N) is 2. The minimum absolute atomic E-state index is 0.132. The van der Waals surface area contributed by atoms with Crippen molar-refractivity contribution in [3.8, 4) is 0 Å². The number of carbonyl (C=O) groups is 1. The Labute approximate surface area is 114 Å². The Kier molecular flexibility index (Phi) is 4.50. The van der Waals surface area contributed by atoms with E-state index in [1.54, 1.807) is 10.8 Å². The van der Waals surface area contributed by atoms with Crippen LogP contribution in [0, 0.1) is 5.92 Å². The fourth-order valence-electron chi connectivity index (χ4n) is 2.20. The van der Waals surface area contributed by atoms with Crippen LogP contribution >= 0.6 is 0 Å². The molecule has 2 rings (SSSR count). The Hall–Kier alpha value is -1.90. The van der Waals surface area contributed by atoms with E-state index in [1.165, 1.54) is 5.56 Å². The van der Waals surface area contributed by atoms with E-state index in [-0.39, 0.29) is 5.78 Å². The molecule has 0 fully saturated rings. The van der Waals surface area contributed by atoms with Crippen LogP contribution in [0.2, 0.25) is 0 Å². The van der Waals surface area contributed by atoms with Crippen LogP contribution in [0.3, 0.4) is 0 Å². The number of aromatic nitrogens is 2. The molecule has 1 aromatic carbocycles. The smallest absolute Gasteiger partial charge is 0.198 e. The fourth-order valence-corrected chi connectivity index (χ4v) is 2.20. The predicted octanol–water partition coefficient (Wildman–Crippen LogP) is 3.26. The summed E-state index contributed by atoms with van der Waals surface area (Å²) in [5, 5.41) is 0. The van der Waals surface area contributed by atoms with Crippen LogP contribution in [0.5, 0.6) is 0 Å². The van der Waals surface area contributed by atoms with Crippen LogP contribution in [0.1, 0.15) is 35.9 Å². The first-order valence-corrected chi connectivity index (χ1v) is 6.71. The topological polar surface area (TPSA) is 34.9 Å². The molecule has 3 heteroatoms. The van der Waals surface area contributed by atoms with Gasteiger partial charge in [-0.15, -0.1) is 0 Å². The van der Waals surface area contributed by atoms with Crippen molar-refractivity contribution in [3.05, 3.63) is 54.1 Å². The molecule has 0 aliphatic carbocycles. The fraction of sp³-hybridized carbons (Fsp3) is 0.375. The van der Waals surface area contributed by atoms with Crippen molar-refractivity contribution in [1.29, 1.82) is 0 Å². The molecule has 1 aromatic heterocycles. The molecule has 100 valence electrons. The second-order valence-electron chi connectivity index (χ2n) is 5.12. The number of hydrogen-bond donors (Lipinski definition) is 0. The van der Waals surface area contributed by atoms with Crippen molar-refractivity contribution in [2.75, 3.05) is 0 Å². The lowest BCUT2D eigenvalue weighted by molar-refractivity contribution is 0.0949. The third-order valence-corrected chi connectivity index (χ3v) is 3.37. The maximum Gasteiger partial charge on any atom is 0.198 e. The SMILES string of the molecule is CC(CCc1ccccc1)CC(=O)c1nccn1C. The Bertz CT molecular complexity index is 531. The first kappa shape index (κ1) is 13.5. The molecule has 1 atom stereocenters. The quantitative estimate of drug-likeness (QED) is 0.743. The maximum atomic E-state index is 12.1. The average molecular weight is 256 g/mol. The van der Waals surface area contributed by atoms with Gasteiger partial charge in [0.15, 0.2) is 11.6 Å². The lowest BCUT2D eigenvalue weighted by Crippen LogP contribution is -2.11. The van der Waals surface area contributed by atoms with Gasteiger partial charge in [0.25, 0.3) is 0 Å². The molecule has 0 bridgehead atoms. The maximum absolute atomic E-state index is 12.1. The molecule has 2 aromatic rings. The summed E-state index contributed by atoms with van der Waals surface area (Å²) in [5.74, 6) is 1.07. The summed E-state index contributed by atoms with van der Waals surface area (Å²) in [6, 6.07) is 10.4. The number of carbonyl (C=O) groups excluding carboxylic acids is 1. The highest BCUT2D eigenvalue weighted by Crippen LogP contribution is 2.15. The second kappa shape index (κ2) is 6.32. The molecular formula is C16H20N2O. The van der Waals surface area contributed by atoms with Gasteiger partial charge in [0, 0.05) is 25.9 Å². The molecular weight excluding hydrogens is 236 g/mol. The van der Waals surface area contributed by atoms with Gasteiger partial charge in [-0.3, -0.25) is 4.79 Å². The van der Waals surface area contributed by atoms with E-state index in [0.29, 0.717) is 18.2 Å². The lowest BCUT2D eigenvalue weighted by atomic mass is 9.96. The van der Waals surface area contributed by atoms with Gasteiger partial charge in [-0.2, -0.15) is 0 Å². The van der Waals surface area contributed by atoms with Crippen molar-refractivity contribution >= 4 is 5.78 Å². The zero-order valence-corrected chi connectivity index (χ0v) is 11.5. The Balaban J connectivity index is 1.83.